The highest BCUT2D eigenvalue weighted by Crippen LogP contribution is 2.33. The first-order chi connectivity index (χ1) is 17.8. The average molecular weight is 457 g/mol. The fraction of sp³-hybridized carbons (Fsp3) is 0. The van der Waals surface area contributed by atoms with Crippen molar-refractivity contribution in [3.05, 3.63) is 146 Å². The predicted octanol–water partition coefficient (Wildman–Crippen LogP) is 10.3. The van der Waals surface area contributed by atoms with Crippen LogP contribution in [-0.4, -0.2) is 0 Å². The second-order valence-electron chi connectivity index (χ2n) is 9.41. The van der Waals surface area contributed by atoms with Crippen LogP contribution in [0.4, 0.5) is 0 Å². The molecule has 0 heterocycles. The van der Waals surface area contributed by atoms with Crippen LogP contribution in [0, 0.1) is 0 Å². The number of benzene rings is 8. The Bertz CT molecular complexity index is 1850. The van der Waals surface area contributed by atoms with Gasteiger partial charge in [0, 0.05) is 0 Å². The fourth-order valence-electron chi connectivity index (χ4n) is 5.39. The van der Waals surface area contributed by atoms with Gasteiger partial charge in [0.05, 0.1) is 0 Å². The van der Waals surface area contributed by atoms with Crippen molar-refractivity contribution in [2.45, 2.75) is 0 Å². The quantitative estimate of drug-likeness (QED) is 0.157. The molecule has 0 aliphatic carbocycles. The summed E-state index contributed by atoms with van der Waals surface area (Å²) in [7, 11) is 0. The van der Waals surface area contributed by atoms with Crippen LogP contribution in [-0.2, 0) is 0 Å². The maximum atomic E-state index is 2.33. The molecule has 0 spiro atoms. The van der Waals surface area contributed by atoms with Gasteiger partial charge in [-0.05, 0) is 88.9 Å². The van der Waals surface area contributed by atoms with Crippen molar-refractivity contribution in [3.8, 4) is 0 Å². The lowest BCUT2D eigenvalue weighted by Gasteiger charge is -2.08. The molecule has 168 valence electrons. The molecule has 0 saturated heterocycles. The molecule has 36 heavy (non-hydrogen) atoms. The summed E-state index contributed by atoms with van der Waals surface area (Å²) in [5, 5.41) is 15.8. The van der Waals surface area contributed by atoms with Crippen LogP contribution >= 0.6 is 0 Å². The van der Waals surface area contributed by atoms with E-state index in [0.29, 0.717) is 0 Å². The molecule has 0 heteroatoms. The van der Waals surface area contributed by atoms with Gasteiger partial charge < -0.3 is 0 Å². The minimum absolute atomic E-state index is 1.30. The van der Waals surface area contributed by atoms with Gasteiger partial charge in [-0.3, -0.25) is 0 Å². The molecule has 0 aliphatic heterocycles. The van der Waals surface area contributed by atoms with Crippen molar-refractivity contribution in [1.29, 1.82) is 0 Å². The Morgan fingerprint density at radius 3 is 0.889 bits per heavy atom. The van der Waals surface area contributed by atoms with Crippen LogP contribution in [0.1, 0.15) is 0 Å². The molecule has 0 aliphatic rings. The zero-order valence-electron chi connectivity index (χ0n) is 19.9. The molecule has 0 atom stereocenters. The Morgan fingerprint density at radius 1 is 0.194 bits per heavy atom. The lowest BCUT2D eigenvalue weighted by Crippen LogP contribution is -1.81. The number of hydrogen-bond donors (Lipinski definition) is 0. The molecule has 0 amide bonds. The average Bonchev–Trinajstić information content (AvgIpc) is 2.95. The monoisotopic (exact) mass is 456 g/mol. The largest absolute Gasteiger partial charge is 0.0616 e. The van der Waals surface area contributed by atoms with Crippen LogP contribution in [0.25, 0.3) is 64.6 Å². The first kappa shape index (κ1) is 20.7. The molecule has 0 saturated carbocycles. The van der Waals surface area contributed by atoms with Crippen LogP contribution in [0.3, 0.4) is 0 Å². The van der Waals surface area contributed by atoms with E-state index in [0.717, 1.165) is 0 Å². The smallest absolute Gasteiger partial charge is 0.00990 e. The van der Waals surface area contributed by atoms with Crippen molar-refractivity contribution < 1.29 is 0 Å². The van der Waals surface area contributed by atoms with E-state index in [-0.39, 0.29) is 0 Å². The Morgan fingerprint density at radius 2 is 0.500 bits per heavy atom. The summed E-state index contributed by atoms with van der Waals surface area (Å²) in [4.78, 5) is 0. The Balaban J connectivity index is 0.000000136. The van der Waals surface area contributed by atoms with Gasteiger partial charge in [-0.2, -0.15) is 0 Å². The van der Waals surface area contributed by atoms with E-state index in [9.17, 15) is 0 Å². The Hall–Kier alpha value is -4.68. The predicted molar refractivity (Wildman–Crippen MR) is 158 cm³/mol. The molecule has 8 rings (SSSR count). The Labute approximate surface area is 210 Å². The number of hydrogen-bond acceptors (Lipinski definition) is 0. The SMILES string of the molecule is c1ccc2c(c1)ccc1cc3c(ccc4ccccc43)cc12.c1ccc2cc3ccccc3cc2c1. The first-order valence-corrected chi connectivity index (χ1v) is 12.4. The number of fused-ring (bicyclic) bond motifs is 8. The lowest BCUT2D eigenvalue weighted by molar-refractivity contribution is 1.76. The van der Waals surface area contributed by atoms with Crippen molar-refractivity contribution in [2.24, 2.45) is 0 Å². The van der Waals surface area contributed by atoms with Crippen molar-refractivity contribution in [2.75, 3.05) is 0 Å². The second kappa shape index (κ2) is 8.52. The third-order valence-corrected chi connectivity index (χ3v) is 7.22. The molecule has 8 aromatic carbocycles. The molecule has 0 fully saturated rings. The zero-order chi connectivity index (χ0) is 23.9. The van der Waals surface area contributed by atoms with Crippen molar-refractivity contribution in [1.82, 2.24) is 0 Å². The molecular weight excluding hydrogens is 432 g/mol. The zero-order valence-corrected chi connectivity index (χ0v) is 19.9. The summed E-state index contributed by atoms with van der Waals surface area (Å²) < 4.78 is 0. The maximum Gasteiger partial charge on any atom is -0.00990 e. The normalized spacial score (nSPS) is 11.3. The molecule has 0 aromatic heterocycles. The van der Waals surface area contributed by atoms with Gasteiger partial charge >= 0.3 is 0 Å². The molecule has 0 N–H and O–H groups in total. The third kappa shape index (κ3) is 3.56. The summed E-state index contributed by atoms with van der Waals surface area (Å²) in [6.45, 7) is 0. The minimum Gasteiger partial charge on any atom is -0.0616 e. The summed E-state index contributed by atoms with van der Waals surface area (Å²) in [6, 6.07) is 52.2. The van der Waals surface area contributed by atoms with Gasteiger partial charge in [-0.15, -0.1) is 0 Å². The summed E-state index contributed by atoms with van der Waals surface area (Å²) in [5.41, 5.74) is 0. The van der Waals surface area contributed by atoms with Gasteiger partial charge in [-0.1, -0.05) is 121 Å². The number of rotatable bonds is 0. The van der Waals surface area contributed by atoms with Gasteiger partial charge in [0.15, 0.2) is 0 Å². The molecule has 0 nitrogen and oxygen atoms in total. The van der Waals surface area contributed by atoms with E-state index in [2.05, 4.69) is 146 Å². The van der Waals surface area contributed by atoms with E-state index >= 15 is 0 Å². The molecule has 0 radical (unpaired) electrons. The van der Waals surface area contributed by atoms with Crippen LogP contribution in [0.15, 0.2) is 146 Å². The highest BCUT2D eigenvalue weighted by Gasteiger charge is 2.05. The topological polar surface area (TPSA) is 0 Å². The lowest BCUT2D eigenvalue weighted by atomic mass is 9.95. The third-order valence-electron chi connectivity index (χ3n) is 7.22. The highest BCUT2D eigenvalue weighted by atomic mass is 14.1. The minimum atomic E-state index is 1.30. The van der Waals surface area contributed by atoms with Crippen molar-refractivity contribution in [3.63, 3.8) is 0 Å². The van der Waals surface area contributed by atoms with E-state index in [1.165, 1.54) is 64.6 Å². The summed E-state index contributed by atoms with van der Waals surface area (Å²) in [6.07, 6.45) is 0. The maximum absolute atomic E-state index is 2.33. The molecule has 0 unspecified atom stereocenters. The Kier molecular flexibility index (Phi) is 4.89. The van der Waals surface area contributed by atoms with E-state index in [1.807, 2.05) is 0 Å². The molecular formula is C36H24. The highest BCUT2D eigenvalue weighted by molar-refractivity contribution is 6.17. The van der Waals surface area contributed by atoms with E-state index in [1.54, 1.807) is 0 Å². The molecule has 8 aromatic rings. The first-order valence-electron chi connectivity index (χ1n) is 12.4. The van der Waals surface area contributed by atoms with E-state index in [4.69, 9.17) is 0 Å². The van der Waals surface area contributed by atoms with Crippen LogP contribution in [0.2, 0.25) is 0 Å². The van der Waals surface area contributed by atoms with Crippen LogP contribution in [0.5, 0.6) is 0 Å². The van der Waals surface area contributed by atoms with E-state index < -0.39 is 0 Å². The molecule has 0 bridgehead atoms. The van der Waals surface area contributed by atoms with Gasteiger partial charge in [0.1, 0.15) is 0 Å². The fourth-order valence-corrected chi connectivity index (χ4v) is 5.39. The second-order valence-corrected chi connectivity index (χ2v) is 9.41. The van der Waals surface area contributed by atoms with Gasteiger partial charge in [0.2, 0.25) is 0 Å². The summed E-state index contributed by atoms with van der Waals surface area (Å²) >= 11 is 0. The van der Waals surface area contributed by atoms with Crippen LogP contribution < -0.4 is 0 Å². The summed E-state index contributed by atoms with van der Waals surface area (Å²) in [5.74, 6) is 0. The van der Waals surface area contributed by atoms with Gasteiger partial charge in [0.25, 0.3) is 0 Å². The standard InChI is InChI=1S/C22H14.C14H10/c1-3-7-19-15(5-1)9-11-17-14-22-18(13-21(17)19)12-10-16-6-2-4-8-20(16)22;1-2-6-12-10-14-8-4-3-7-13(14)9-11(12)5-1/h1-14H;1-10H. The van der Waals surface area contributed by atoms with Crippen molar-refractivity contribution >= 4 is 64.6 Å². The van der Waals surface area contributed by atoms with Gasteiger partial charge in [-0.25, -0.2) is 0 Å².